The van der Waals surface area contributed by atoms with Crippen molar-refractivity contribution in [2.75, 3.05) is 19.8 Å². The van der Waals surface area contributed by atoms with Crippen molar-refractivity contribution in [3.63, 3.8) is 0 Å². The van der Waals surface area contributed by atoms with E-state index in [1.165, 1.54) is 5.56 Å². The van der Waals surface area contributed by atoms with Gasteiger partial charge >= 0.3 is 0 Å². The van der Waals surface area contributed by atoms with Crippen molar-refractivity contribution in [1.29, 1.82) is 0 Å². The summed E-state index contributed by atoms with van der Waals surface area (Å²) in [6, 6.07) is 8.97. The largest absolute Gasteiger partial charge is 0.491 e. The second kappa shape index (κ2) is 8.40. The van der Waals surface area contributed by atoms with Crippen LogP contribution < -0.4 is 10.1 Å². The molecule has 21 heavy (non-hydrogen) atoms. The molecule has 0 bridgehead atoms. The van der Waals surface area contributed by atoms with E-state index in [1.807, 2.05) is 6.07 Å². The Bertz CT molecular complexity index is 413. The maximum atomic E-state index is 5.84. The highest BCUT2D eigenvalue weighted by Crippen LogP contribution is 2.31. The van der Waals surface area contributed by atoms with Crippen LogP contribution in [0.5, 0.6) is 5.75 Å². The summed E-state index contributed by atoms with van der Waals surface area (Å²) in [6.07, 6.45) is 3.64. The first kappa shape index (κ1) is 16.3. The standard InChI is InChI=1S/C18H29NO2/c1-4-10-19-18(15-8-11-20-12-9-15)16-6-5-7-17(13-16)21-14(2)3/h5-7,13-15,18-19H,4,8-12H2,1-3H3. The maximum Gasteiger partial charge on any atom is 0.120 e. The Kier molecular flexibility index (Phi) is 6.52. The van der Waals surface area contributed by atoms with E-state index >= 15 is 0 Å². The second-order valence-electron chi connectivity index (χ2n) is 6.12. The molecule has 1 N–H and O–H groups in total. The van der Waals surface area contributed by atoms with E-state index in [2.05, 4.69) is 44.3 Å². The van der Waals surface area contributed by atoms with Gasteiger partial charge in [-0.1, -0.05) is 19.1 Å². The third-order valence-electron chi connectivity index (χ3n) is 3.94. The zero-order chi connectivity index (χ0) is 15.1. The van der Waals surface area contributed by atoms with Crippen molar-refractivity contribution >= 4 is 0 Å². The zero-order valence-electron chi connectivity index (χ0n) is 13.6. The minimum Gasteiger partial charge on any atom is -0.491 e. The van der Waals surface area contributed by atoms with Crippen LogP contribution in [0.1, 0.15) is 51.6 Å². The summed E-state index contributed by atoms with van der Waals surface area (Å²) in [5.41, 5.74) is 1.34. The van der Waals surface area contributed by atoms with Crippen LogP contribution in [-0.2, 0) is 4.74 Å². The van der Waals surface area contributed by atoms with Gasteiger partial charge in [0.1, 0.15) is 5.75 Å². The number of benzene rings is 1. The number of ether oxygens (including phenoxy) is 2. The molecule has 0 radical (unpaired) electrons. The van der Waals surface area contributed by atoms with Crippen LogP contribution in [0, 0.1) is 5.92 Å². The molecule has 0 aliphatic carbocycles. The zero-order valence-corrected chi connectivity index (χ0v) is 13.6. The van der Waals surface area contributed by atoms with Gasteiger partial charge in [0.25, 0.3) is 0 Å². The van der Waals surface area contributed by atoms with Crippen molar-refractivity contribution in [2.45, 2.75) is 52.2 Å². The molecule has 0 amide bonds. The number of hydrogen-bond donors (Lipinski definition) is 1. The number of nitrogens with one attached hydrogen (secondary N) is 1. The van der Waals surface area contributed by atoms with E-state index in [0.717, 1.165) is 44.8 Å². The predicted molar refractivity (Wildman–Crippen MR) is 86.8 cm³/mol. The monoisotopic (exact) mass is 291 g/mol. The van der Waals surface area contributed by atoms with Crippen LogP contribution in [0.15, 0.2) is 24.3 Å². The molecule has 3 heteroatoms. The quantitative estimate of drug-likeness (QED) is 0.825. The first-order valence-corrected chi connectivity index (χ1v) is 8.28. The van der Waals surface area contributed by atoms with Crippen LogP contribution in [0.3, 0.4) is 0 Å². The van der Waals surface area contributed by atoms with E-state index in [9.17, 15) is 0 Å². The molecule has 0 aromatic heterocycles. The normalized spacial score (nSPS) is 17.9. The molecule has 1 aromatic carbocycles. The lowest BCUT2D eigenvalue weighted by Crippen LogP contribution is -2.32. The van der Waals surface area contributed by atoms with Gasteiger partial charge in [0.05, 0.1) is 6.10 Å². The Balaban J connectivity index is 2.14. The van der Waals surface area contributed by atoms with Gasteiger partial charge in [-0.3, -0.25) is 0 Å². The molecule has 1 unspecified atom stereocenters. The fourth-order valence-electron chi connectivity index (χ4n) is 2.96. The Hall–Kier alpha value is -1.06. The molecular formula is C18H29NO2. The van der Waals surface area contributed by atoms with Crippen LogP contribution >= 0.6 is 0 Å². The summed E-state index contributed by atoms with van der Waals surface area (Å²) >= 11 is 0. The van der Waals surface area contributed by atoms with Crippen LogP contribution in [0.25, 0.3) is 0 Å². The summed E-state index contributed by atoms with van der Waals surface area (Å²) in [5.74, 6) is 1.62. The Morgan fingerprint density at radius 3 is 2.71 bits per heavy atom. The number of rotatable bonds is 7. The van der Waals surface area contributed by atoms with Gasteiger partial charge in [-0.05, 0) is 63.3 Å². The van der Waals surface area contributed by atoms with Gasteiger partial charge < -0.3 is 14.8 Å². The fourth-order valence-corrected chi connectivity index (χ4v) is 2.96. The van der Waals surface area contributed by atoms with Crippen LogP contribution in [0.4, 0.5) is 0 Å². The van der Waals surface area contributed by atoms with Crippen molar-refractivity contribution in [3.8, 4) is 5.75 Å². The molecule has 1 aromatic rings. The van der Waals surface area contributed by atoms with Crippen LogP contribution in [-0.4, -0.2) is 25.9 Å². The Labute approximate surface area is 129 Å². The predicted octanol–water partition coefficient (Wildman–Crippen LogP) is 3.94. The van der Waals surface area contributed by atoms with E-state index in [4.69, 9.17) is 9.47 Å². The molecule has 3 nitrogen and oxygen atoms in total. The van der Waals surface area contributed by atoms with Crippen molar-refractivity contribution < 1.29 is 9.47 Å². The van der Waals surface area contributed by atoms with Gasteiger partial charge in [-0.2, -0.15) is 0 Å². The van der Waals surface area contributed by atoms with Crippen molar-refractivity contribution in [2.24, 2.45) is 5.92 Å². The Morgan fingerprint density at radius 1 is 1.29 bits per heavy atom. The van der Waals surface area contributed by atoms with E-state index in [0.29, 0.717) is 12.0 Å². The summed E-state index contributed by atoms with van der Waals surface area (Å²) < 4.78 is 11.4. The molecule has 1 aliphatic heterocycles. The lowest BCUT2D eigenvalue weighted by Gasteiger charge is -2.31. The van der Waals surface area contributed by atoms with E-state index < -0.39 is 0 Å². The van der Waals surface area contributed by atoms with Gasteiger partial charge in [0, 0.05) is 19.3 Å². The van der Waals surface area contributed by atoms with Gasteiger partial charge in [0.15, 0.2) is 0 Å². The topological polar surface area (TPSA) is 30.5 Å². The fraction of sp³-hybridized carbons (Fsp3) is 0.667. The van der Waals surface area contributed by atoms with Gasteiger partial charge in [0.2, 0.25) is 0 Å². The average Bonchev–Trinajstić information content (AvgIpc) is 2.48. The molecular weight excluding hydrogens is 262 g/mol. The lowest BCUT2D eigenvalue weighted by molar-refractivity contribution is 0.0536. The second-order valence-corrected chi connectivity index (χ2v) is 6.12. The molecule has 118 valence electrons. The van der Waals surface area contributed by atoms with E-state index in [-0.39, 0.29) is 6.10 Å². The molecule has 1 fully saturated rings. The summed E-state index contributed by atoms with van der Waals surface area (Å²) in [5, 5.41) is 3.72. The third-order valence-corrected chi connectivity index (χ3v) is 3.94. The average molecular weight is 291 g/mol. The highest BCUT2D eigenvalue weighted by Gasteiger charge is 2.25. The SMILES string of the molecule is CCCNC(c1cccc(OC(C)C)c1)C1CCOCC1. The highest BCUT2D eigenvalue weighted by molar-refractivity contribution is 5.31. The summed E-state index contributed by atoms with van der Waals surface area (Å²) in [7, 11) is 0. The number of hydrogen-bond acceptors (Lipinski definition) is 3. The first-order valence-electron chi connectivity index (χ1n) is 8.28. The van der Waals surface area contributed by atoms with Gasteiger partial charge in [-0.25, -0.2) is 0 Å². The maximum absolute atomic E-state index is 5.84. The van der Waals surface area contributed by atoms with Crippen LogP contribution in [0.2, 0.25) is 0 Å². The van der Waals surface area contributed by atoms with Gasteiger partial charge in [-0.15, -0.1) is 0 Å². The molecule has 1 saturated heterocycles. The van der Waals surface area contributed by atoms with Crippen molar-refractivity contribution in [1.82, 2.24) is 5.32 Å². The third kappa shape index (κ3) is 5.01. The van der Waals surface area contributed by atoms with Crippen molar-refractivity contribution in [3.05, 3.63) is 29.8 Å². The summed E-state index contributed by atoms with van der Waals surface area (Å²) in [4.78, 5) is 0. The Morgan fingerprint density at radius 2 is 2.05 bits per heavy atom. The minimum absolute atomic E-state index is 0.213. The smallest absolute Gasteiger partial charge is 0.120 e. The minimum atomic E-state index is 0.213. The molecule has 1 heterocycles. The van der Waals surface area contributed by atoms with E-state index in [1.54, 1.807) is 0 Å². The molecule has 1 aliphatic rings. The summed E-state index contributed by atoms with van der Waals surface area (Å²) in [6.45, 7) is 9.17. The molecule has 2 rings (SSSR count). The molecule has 0 spiro atoms. The first-order chi connectivity index (χ1) is 10.2. The highest BCUT2D eigenvalue weighted by atomic mass is 16.5. The molecule has 1 atom stereocenters. The molecule has 0 saturated carbocycles. The lowest BCUT2D eigenvalue weighted by atomic mass is 9.87.